The number of rotatable bonds is 5. The zero-order chi connectivity index (χ0) is 17.9. The van der Waals surface area contributed by atoms with Gasteiger partial charge in [-0.1, -0.05) is 38.1 Å². The summed E-state index contributed by atoms with van der Waals surface area (Å²) in [5.41, 5.74) is 4.50. The molecule has 0 unspecified atom stereocenters. The van der Waals surface area contributed by atoms with E-state index in [1.165, 1.54) is 17.6 Å². The molecule has 0 saturated heterocycles. The number of allylic oxidation sites excluding steroid dienone is 2. The van der Waals surface area contributed by atoms with Crippen LogP contribution in [0.3, 0.4) is 0 Å². The second-order valence-electron chi connectivity index (χ2n) is 7.45. The lowest BCUT2D eigenvalue weighted by atomic mass is 9.77. The maximum Gasteiger partial charge on any atom is 0.252 e. The fourth-order valence-corrected chi connectivity index (χ4v) is 3.23. The molecule has 0 atom stereocenters. The molecule has 1 heterocycles. The molecule has 132 valence electrons. The van der Waals surface area contributed by atoms with Gasteiger partial charge in [-0.15, -0.1) is 0 Å². The van der Waals surface area contributed by atoms with Crippen molar-refractivity contribution in [3.8, 4) is 0 Å². The molecule has 1 amide bonds. The highest BCUT2D eigenvalue weighted by Crippen LogP contribution is 2.39. The fourth-order valence-electron chi connectivity index (χ4n) is 3.23. The highest BCUT2D eigenvalue weighted by Gasteiger charge is 2.22. The van der Waals surface area contributed by atoms with Crippen LogP contribution in [0.5, 0.6) is 0 Å². The number of methoxy groups -OCH3 is 1. The number of ether oxygens (including phenoxy) is 1. The second kappa shape index (κ2) is 7.36. The molecule has 1 aromatic heterocycles. The molecule has 0 spiro atoms. The van der Waals surface area contributed by atoms with E-state index in [0.717, 1.165) is 23.7 Å². The number of nitrogens with one attached hydrogen (secondary N) is 1. The van der Waals surface area contributed by atoms with Crippen LogP contribution in [0.15, 0.2) is 36.5 Å². The minimum atomic E-state index is -0.115. The minimum Gasteiger partial charge on any atom is -0.383 e. The normalized spacial score (nSPS) is 16.5. The maximum absolute atomic E-state index is 12.2. The summed E-state index contributed by atoms with van der Waals surface area (Å²) in [5.74, 6) is -0.115. The SMILES string of the molecule is COCCNC(=O)c1cnc2c(C3=CCC(C)(C)CC3)cccc2c1. The summed E-state index contributed by atoms with van der Waals surface area (Å²) in [5, 5.41) is 3.84. The predicted molar refractivity (Wildman–Crippen MR) is 102 cm³/mol. The number of amides is 1. The van der Waals surface area contributed by atoms with Gasteiger partial charge in [0.1, 0.15) is 0 Å². The van der Waals surface area contributed by atoms with Gasteiger partial charge in [0.15, 0.2) is 0 Å². The molecule has 1 N–H and O–H groups in total. The van der Waals surface area contributed by atoms with Crippen LogP contribution < -0.4 is 5.32 Å². The largest absolute Gasteiger partial charge is 0.383 e. The summed E-state index contributed by atoms with van der Waals surface area (Å²) in [6.07, 6.45) is 7.38. The van der Waals surface area contributed by atoms with Crippen molar-refractivity contribution in [3.63, 3.8) is 0 Å². The zero-order valence-corrected chi connectivity index (χ0v) is 15.3. The third-order valence-corrected chi connectivity index (χ3v) is 4.88. The van der Waals surface area contributed by atoms with E-state index in [9.17, 15) is 4.79 Å². The van der Waals surface area contributed by atoms with Gasteiger partial charge in [-0.3, -0.25) is 9.78 Å². The van der Waals surface area contributed by atoms with Gasteiger partial charge in [-0.2, -0.15) is 0 Å². The number of hydrogen-bond acceptors (Lipinski definition) is 3. The summed E-state index contributed by atoms with van der Waals surface area (Å²) in [6, 6.07) is 8.12. The quantitative estimate of drug-likeness (QED) is 0.831. The summed E-state index contributed by atoms with van der Waals surface area (Å²) in [6.45, 7) is 5.63. The number of para-hydroxylation sites is 1. The first-order valence-electron chi connectivity index (χ1n) is 8.85. The number of carbonyl (C=O) groups is 1. The molecule has 1 aliphatic carbocycles. The lowest BCUT2D eigenvalue weighted by molar-refractivity contribution is 0.0937. The monoisotopic (exact) mass is 338 g/mol. The minimum absolute atomic E-state index is 0.115. The Balaban J connectivity index is 1.88. The Morgan fingerprint density at radius 2 is 2.20 bits per heavy atom. The standard InChI is InChI=1S/C21H26N2O2/c1-21(2)9-7-15(8-10-21)18-6-4-5-16-13-17(14-23-19(16)18)20(24)22-11-12-25-3/h4-7,13-14H,8-12H2,1-3H3,(H,22,24). The highest BCUT2D eigenvalue weighted by molar-refractivity contribution is 5.99. The Kier molecular flexibility index (Phi) is 5.19. The molecule has 0 fully saturated rings. The van der Waals surface area contributed by atoms with Gasteiger partial charge >= 0.3 is 0 Å². The van der Waals surface area contributed by atoms with Gasteiger partial charge in [0, 0.05) is 30.8 Å². The number of hydrogen-bond donors (Lipinski definition) is 1. The number of carbonyl (C=O) groups excluding carboxylic acids is 1. The molecular weight excluding hydrogens is 312 g/mol. The Hall–Kier alpha value is -2.20. The smallest absolute Gasteiger partial charge is 0.252 e. The van der Waals surface area contributed by atoms with Crippen molar-refractivity contribution in [2.24, 2.45) is 5.41 Å². The Morgan fingerprint density at radius 1 is 1.36 bits per heavy atom. The van der Waals surface area contributed by atoms with Crippen molar-refractivity contribution in [2.45, 2.75) is 33.1 Å². The molecule has 2 aromatic rings. The van der Waals surface area contributed by atoms with E-state index in [4.69, 9.17) is 4.74 Å². The van der Waals surface area contributed by atoms with E-state index in [2.05, 4.69) is 36.3 Å². The van der Waals surface area contributed by atoms with Crippen LogP contribution in [-0.2, 0) is 4.74 Å². The predicted octanol–water partition coefficient (Wildman–Crippen LogP) is 4.20. The number of benzene rings is 1. The van der Waals surface area contributed by atoms with E-state index < -0.39 is 0 Å². The number of nitrogens with zero attached hydrogens (tertiary/aromatic N) is 1. The third-order valence-electron chi connectivity index (χ3n) is 4.88. The molecular formula is C21H26N2O2. The van der Waals surface area contributed by atoms with E-state index in [1.54, 1.807) is 13.3 Å². The summed E-state index contributed by atoms with van der Waals surface area (Å²) in [7, 11) is 1.62. The van der Waals surface area contributed by atoms with E-state index in [0.29, 0.717) is 24.1 Å². The van der Waals surface area contributed by atoms with Gasteiger partial charge in [-0.05, 0) is 36.3 Å². The summed E-state index contributed by atoms with van der Waals surface area (Å²) < 4.78 is 4.96. The van der Waals surface area contributed by atoms with Gasteiger partial charge in [0.25, 0.3) is 5.91 Å². The molecule has 25 heavy (non-hydrogen) atoms. The molecule has 1 aliphatic rings. The molecule has 0 bridgehead atoms. The lowest BCUT2D eigenvalue weighted by Crippen LogP contribution is -2.27. The van der Waals surface area contributed by atoms with Crippen LogP contribution in [0, 0.1) is 5.41 Å². The van der Waals surface area contributed by atoms with Gasteiger partial charge in [0.2, 0.25) is 0 Å². The summed E-state index contributed by atoms with van der Waals surface area (Å²) >= 11 is 0. The number of pyridine rings is 1. The van der Waals surface area contributed by atoms with Crippen LogP contribution in [0.2, 0.25) is 0 Å². The van der Waals surface area contributed by atoms with Crippen LogP contribution >= 0.6 is 0 Å². The van der Waals surface area contributed by atoms with Crippen molar-refractivity contribution < 1.29 is 9.53 Å². The van der Waals surface area contributed by atoms with Crippen LogP contribution in [0.25, 0.3) is 16.5 Å². The molecule has 3 rings (SSSR count). The van der Waals surface area contributed by atoms with Gasteiger partial charge < -0.3 is 10.1 Å². The average Bonchev–Trinajstić information content (AvgIpc) is 2.61. The topological polar surface area (TPSA) is 51.2 Å². The Bertz CT molecular complexity index is 809. The van der Waals surface area contributed by atoms with Crippen molar-refractivity contribution in [1.29, 1.82) is 0 Å². The Labute approximate surface area is 149 Å². The molecule has 0 aliphatic heterocycles. The first-order valence-corrected chi connectivity index (χ1v) is 8.85. The first kappa shape index (κ1) is 17.6. The molecule has 4 nitrogen and oxygen atoms in total. The lowest BCUT2D eigenvalue weighted by Gasteiger charge is -2.29. The zero-order valence-electron chi connectivity index (χ0n) is 15.3. The Morgan fingerprint density at radius 3 is 2.92 bits per heavy atom. The van der Waals surface area contributed by atoms with E-state index >= 15 is 0 Å². The molecule has 4 heteroatoms. The van der Waals surface area contributed by atoms with Crippen LogP contribution in [0.4, 0.5) is 0 Å². The van der Waals surface area contributed by atoms with Gasteiger partial charge in [-0.25, -0.2) is 0 Å². The summed E-state index contributed by atoms with van der Waals surface area (Å²) in [4.78, 5) is 16.8. The van der Waals surface area contributed by atoms with E-state index in [1.807, 2.05) is 18.2 Å². The number of fused-ring (bicyclic) bond motifs is 1. The molecule has 0 saturated carbocycles. The van der Waals surface area contributed by atoms with E-state index in [-0.39, 0.29) is 5.91 Å². The highest BCUT2D eigenvalue weighted by atomic mass is 16.5. The van der Waals surface area contributed by atoms with Crippen molar-refractivity contribution >= 4 is 22.4 Å². The number of aromatic nitrogens is 1. The maximum atomic E-state index is 12.2. The van der Waals surface area contributed by atoms with Crippen molar-refractivity contribution in [2.75, 3.05) is 20.3 Å². The first-order chi connectivity index (χ1) is 12.0. The van der Waals surface area contributed by atoms with Crippen LogP contribution in [-0.4, -0.2) is 31.2 Å². The van der Waals surface area contributed by atoms with Gasteiger partial charge in [0.05, 0.1) is 17.7 Å². The molecule has 0 radical (unpaired) electrons. The van der Waals surface area contributed by atoms with Crippen molar-refractivity contribution in [3.05, 3.63) is 47.7 Å². The average molecular weight is 338 g/mol. The van der Waals surface area contributed by atoms with Crippen molar-refractivity contribution in [1.82, 2.24) is 10.3 Å². The molecule has 1 aromatic carbocycles. The fraction of sp³-hybridized carbons (Fsp3) is 0.429. The van der Waals surface area contributed by atoms with Crippen LogP contribution in [0.1, 0.15) is 49.0 Å². The third kappa shape index (κ3) is 4.07. The second-order valence-corrected chi connectivity index (χ2v) is 7.45.